The lowest BCUT2D eigenvalue weighted by atomic mass is 9.79. The lowest BCUT2D eigenvalue weighted by Gasteiger charge is -2.23. The van der Waals surface area contributed by atoms with E-state index >= 15 is 0 Å². The first-order valence-electron chi connectivity index (χ1n) is 12.0. The molecule has 1 aliphatic heterocycles. The zero-order chi connectivity index (χ0) is 22.6. The summed E-state index contributed by atoms with van der Waals surface area (Å²) in [6, 6.07) is 24.7. The number of carbonyl (C=O) groups excluding carboxylic acids is 1. The Kier molecular flexibility index (Phi) is 6.41. The lowest BCUT2D eigenvalue weighted by molar-refractivity contribution is 0.105. The van der Waals surface area contributed by atoms with Gasteiger partial charge in [-0.15, -0.1) is 0 Å². The fourth-order valence-electron chi connectivity index (χ4n) is 5.13. The number of benzene rings is 3. The van der Waals surface area contributed by atoms with Crippen LogP contribution in [0.15, 0.2) is 72.8 Å². The van der Waals surface area contributed by atoms with E-state index in [1.54, 1.807) is 7.11 Å². The van der Waals surface area contributed by atoms with E-state index in [-0.39, 0.29) is 5.78 Å². The summed E-state index contributed by atoms with van der Waals surface area (Å²) in [7, 11) is 1.68. The molecular weight excluding hydrogens is 406 g/mol. The third-order valence-electron chi connectivity index (χ3n) is 7.03. The van der Waals surface area contributed by atoms with Crippen molar-refractivity contribution in [3.05, 3.63) is 101 Å². The van der Waals surface area contributed by atoms with Gasteiger partial charge in [0.1, 0.15) is 5.75 Å². The van der Waals surface area contributed by atoms with E-state index in [2.05, 4.69) is 47.4 Å². The van der Waals surface area contributed by atoms with Crippen molar-refractivity contribution in [2.45, 2.75) is 32.1 Å². The van der Waals surface area contributed by atoms with Gasteiger partial charge in [-0.05, 0) is 85.2 Å². The van der Waals surface area contributed by atoms with E-state index in [1.807, 2.05) is 30.3 Å². The van der Waals surface area contributed by atoms with Crippen molar-refractivity contribution in [1.29, 1.82) is 0 Å². The highest BCUT2D eigenvalue weighted by Gasteiger charge is 2.26. The van der Waals surface area contributed by atoms with Gasteiger partial charge in [-0.1, -0.05) is 60.7 Å². The molecule has 0 radical (unpaired) electrons. The number of ether oxygens (including phenoxy) is 1. The van der Waals surface area contributed by atoms with Gasteiger partial charge in [-0.2, -0.15) is 0 Å². The van der Waals surface area contributed by atoms with Gasteiger partial charge in [0.15, 0.2) is 5.78 Å². The van der Waals surface area contributed by atoms with Crippen molar-refractivity contribution in [2.75, 3.05) is 26.7 Å². The summed E-state index contributed by atoms with van der Waals surface area (Å²) in [5.74, 6) is 0.937. The Labute approximate surface area is 196 Å². The molecule has 33 heavy (non-hydrogen) atoms. The highest BCUT2D eigenvalue weighted by Crippen LogP contribution is 2.39. The maximum absolute atomic E-state index is 13.9. The van der Waals surface area contributed by atoms with Crippen molar-refractivity contribution in [3.63, 3.8) is 0 Å². The van der Waals surface area contributed by atoms with Crippen molar-refractivity contribution in [1.82, 2.24) is 4.90 Å². The Morgan fingerprint density at radius 3 is 2.33 bits per heavy atom. The minimum absolute atomic E-state index is 0.110. The molecule has 0 saturated carbocycles. The molecule has 1 aliphatic carbocycles. The second kappa shape index (κ2) is 9.76. The Hall–Kier alpha value is -3.17. The van der Waals surface area contributed by atoms with Crippen LogP contribution in [-0.2, 0) is 12.8 Å². The molecule has 3 aromatic rings. The van der Waals surface area contributed by atoms with Crippen LogP contribution in [0.2, 0.25) is 0 Å². The number of likely N-dealkylation sites (tertiary alicyclic amines) is 1. The van der Waals surface area contributed by atoms with Gasteiger partial charge in [-0.25, -0.2) is 0 Å². The van der Waals surface area contributed by atoms with Crippen LogP contribution in [-0.4, -0.2) is 37.4 Å². The summed E-state index contributed by atoms with van der Waals surface area (Å²) in [6.07, 6.45) is 5.49. The van der Waals surface area contributed by atoms with Crippen LogP contribution < -0.4 is 4.74 Å². The fraction of sp³-hybridized carbons (Fsp3) is 0.300. The first kappa shape index (κ1) is 21.7. The monoisotopic (exact) mass is 437 g/mol. The molecule has 168 valence electrons. The van der Waals surface area contributed by atoms with Crippen molar-refractivity contribution in [2.24, 2.45) is 0 Å². The van der Waals surface area contributed by atoms with Gasteiger partial charge in [0.05, 0.1) is 7.11 Å². The molecule has 0 atom stereocenters. The van der Waals surface area contributed by atoms with Gasteiger partial charge in [-0.3, -0.25) is 4.79 Å². The smallest absolute Gasteiger partial charge is 0.193 e. The fourth-order valence-corrected chi connectivity index (χ4v) is 5.13. The van der Waals surface area contributed by atoms with E-state index < -0.39 is 0 Å². The lowest BCUT2D eigenvalue weighted by Crippen LogP contribution is -2.21. The minimum atomic E-state index is 0.110. The molecule has 0 amide bonds. The standard InChI is InChI=1S/C30H31NO2/c1-33-26-15-12-24(13-16-26)28-17-14-23-6-2-3-7-27(23)29(28)30(32)25-10-8-22(9-11-25)18-21-31-19-4-5-20-31/h2-3,6-13,15-16H,4-5,14,17-21H2,1H3. The van der Waals surface area contributed by atoms with Crippen LogP contribution >= 0.6 is 0 Å². The van der Waals surface area contributed by atoms with E-state index in [0.717, 1.165) is 59.4 Å². The normalized spacial score (nSPS) is 16.0. The highest BCUT2D eigenvalue weighted by atomic mass is 16.5. The van der Waals surface area contributed by atoms with Gasteiger partial charge >= 0.3 is 0 Å². The third kappa shape index (κ3) is 4.65. The summed E-state index contributed by atoms with van der Waals surface area (Å²) in [5, 5.41) is 0. The van der Waals surface area contributed by atoms with Gasteiger partial charge in [0.2, 0.25) is 0 Å². The maximum atomic E-state index is 13.9. The summed E-state index contributed by atoms with van der Waals surface area (Å²) >= 11 is 0. The number of hydrogen-bond acceptors (Lipinski definition) is 3. The number of hydrogen-bond donors (Lipinski definition) is 0. The summed E-state index contributed by atoms with van der Waals surface area (Å²) in [5.41, 5.74) is 7.43. The van der Waals surface area contributed by atoms with E-state index in [1.165, 1.54) is 37.1 Å². The highest BCUT2D eigenvalue weighted by molar-refractivity contribution is 6.35. The molecule has 0 bridgehead atoms. The molecule has 3 heteroatoms. The number of aryl methyl sites for hydroxylation is 1. The Morgan fingerprint density at radius 1 is 0.879 bits per heavy atom. The minimum Gasteiger partial charge on any atom is -0.497 e. The van der Waals surface area contributed by atoms with Gasteiger partial charge < -0.3 is 9.64 Å². The number of nitrogens with zero attached hydrogens (tertiary/aromatic N) is 1. The number of methoxy groups -OCH3 is 1. The van der Waals surface area contributed by atoms with Gasteiger partial charge in [0, 0.05) is 17.7 Å². The zero-order valence-corrected chi connectivity index (χ0v) is 19.3. The topological polar surface area (TPSA) is 29.5 Å². The molecule has 0 spiro atoms. The molecule has 1 saturated heterocycles. The largest absolute Gasteiger partial charge is 0.497 e. The first-order chi connectivity index (χ1) is 16.2. The Bertz CT molecular complexity index is 1150. The van der Waals surface area contributed by atoms with Crippen molar-refractivity contribution in [3.8, 4) is 5.75 Å². The van der Waals surface area contributed by atoms with Crippen molar-refractivity contribution < 1.29 is 9.53 Å². The SMILES string of the molecule is COc1ccc(C2=C(C(=O)c3ccc(CCN4CCCC4)cc3)c3ccccc3CC2)cc1. The number of allylic oxidation sites excluding steroid dienone is 2. The third-order valence-corrected chi connectivity index (χ3v) is 7.03. The van der Waals surface area contributed by atoms with E-state index in [9.17, 15) is 4.79 Å². The second-order valence-electron chi connectivity index (χ2n) is 9.06. The molecule has 0 unspecified atom stereocenters. The molecular formula is C30H31NO2. The molecule has 3 aromatic carbocycles. The van der Waals surface area contributed by atoms with Gasteiger partial charge in [0.25, 0.3) is 0 Å². The van der Waals surface area contributed by atoms with Crippen LogP contribution in [0, 0.1) is 0 Å². The molecule has 1 heterocycles. The van der Waals surface area contributed by atoms with Crippen LogP contribution in [0.25, 0.3) is 11.1 Å². The Balaban J connectivity index is 1.46. The van der Waals surface area contributed by atoms with Crippen molar-refractivity contribution >= 4 is 16.9 Å². The summed E-state index contributed by atoms with van der Waals surface area (Å²) in [6.45, 7) is 3.55. The molecule has 5 rings (SSSR count). The molecule has 1 fully saturated rings. The first-order valence-corrected chi connectivity index (χ1v) is 12.0. The van der Waals surface area contributed by atoms with Crippen LogP contribution in [0.3, 0.4) is 0 Å². The Morgan fingerprint density at radius 2 is 1.61 bits per heavy atom. The number of rotatable bonds is 7. The average Bonchev–Trinajstić information content (AvgIpc) is 3.40. The predicted octanol–water partition coefficient (Wildman–Crippen LogP) is 6.07. The van der Waals surface area contributed by atoms with E-state index in [0.29, 0.717) is 0 Å². The molecule has 0 N–H and O–H groups in total. The van der Waals surface area contributed by atoms with E-state index in [4.69, 9.17) is 4.74 Å². The number of carbonyl (C=O) groups is 1. The average molecular weight is 438 g/mol. The zero-order valence-electron chi connectivity index (χ0n) is 19.3. The predicted molar refractivity (Wildman–Crippen MR) is 135 cm³/mol. The molecule has 3 nitrogen and oxygen atoms in total. The van der Waals surface area contributed by atoms with Crippen LogP contribution in [0.4, 0.5) is 0 Å². The van der Waals surface area contributed by atoms with Crippen LogP contribution in [0.5, 0.6) is 5.75 Å². The number of ketones is 1. The summed E-state index contributed by atoms with van der Waals surface area (Å²) < 4.78 is 5.33. The molecule has 2 aliphatic rings. The van der Waals surface area contributed by atoms with Crippen LogP contribution in [0.1, 0.15) is 51.9 Å². The number of fused-ring (bicyclic) bond motifs is 1. The number of Topliss-reactive ketones (excluding diaryl/α,β-unsaturated/α-hetero) is 1. The molecule has 0 aromatic heterocycles. The second-order valence-corrected chi connectivity index (χ2v) is 9.06. The summed E-state index contributed by atoms with van der Waals surface area (Å²) in [4.78, 5) is 16.4. The quantitative estimate of drug-likeness (QED) is 0.420. The maximum Gasteiger partial charge on any atom is 0.193 e.